The number of halogens is 3. The number of aromatic nitrogens is 2. The van der Waals surface area contributed by atoms with E-state index in [9.17, 15) is 13.2 Å². The molecule has 1 N–H and O–H groups in total. The number of H-pyrrole nitrogens is 1. The normalized spacial score (nSPS) is 14.9. The van der Waals surface area contributed by atoms with Crippen molar-refractivity contribution in [1.29, 1.82) is 0 Å². The van der Waals surface area contributed by atoms with E-state index in [1.807, 2.05) is 0 Å². The van der Waals surface area contributed by atoms with Gasteiger partial charge in [-0.15, -0.1) is 13.2 Å². The zero-order chi connectivity index (χ0) is 14.2. The van der Waals surface area contributed by atoms with Gasteiger partial charge in [-0.1, -0.05) is 12.1 Å². The Bertz CT molecular complexity index is 622. The van der Waals surface area contributed by atoms with E-state index in [4.69, 9.17) is 4.74 Å². The highest BCUT2D eigenvalue weighted by Crippen LogP contribution is 2.36. The lowest BCUT2D eigenvalue weighted by Crippen LogP contribution is -2.17. The fourth-order valence-corrected chi connectivity index (χ4v) is 2.21. The summed E-state index contributed by atoms with van der Waals surface area (Å²) in [5.41, 5.74) is 2.43. The molecule has 3 rings (SSSR count). The van der Waals surface area contributed by atoms with Crippen LogP contribution < -0.4 is 4.74 Å². The number of fused-ring (bicyclic) bond motifs is 1. The van der Waals surface area contributed by atoms with E-state index in [0.717, 1.165) is 11.3 Å². The third kappa shape index (κ3) is 2.49. The summed E-state index contributed by atoms with van der Waals surface area (Å²) in [7, 11) is 0. The van der Waals surface area contributed by atoms with Crippen LogP contribution in [0.15, 0.2) is 24.3 Å². The number of benzene rings is 1. The summed E-state index contributed by atoms with van der Waals surface area (Å²) in [6.07, 6.45) is -4.06. The Morgan fingerprint density at radius 3 is 2.85 bits per heavy atom. The molecule has 1 aliphatic heterocycles. The van der Waals surface area contributed by atoms with Gasteiger partial charge in [-0.3, -0.25) is 5.10 Å². The van der Waals surface area contributed by atoms with Crippen LogP contribution >= 0.6 is 0 Å². The Kier molecular flexibility index (Phi) is 3.13. The number of hydrogen-bond donors (Lipinski definition) is 1. The van der Waals surface area contributed by atoms with E-state index in [0.29, 0.717) is 30.9 Å². The highest BCUT2D eigenvalue weighted by molar-refractivity contribution is 5.70. The van der Waals surface area contributed by atoms with Crippen molar-refractivity contribution in [1.82, 2.24) is 10.2 Å². The topological polar surface area (TPSA) is 47.1 Å². The van der Waals surface area contributed by atoms with E-state index < -0.39 is 6.36 Å². The van der Waals surface area contributed by atoms with Gasteiger partial charge in [-0.05, 0) is 12.1 Å². The maximum Gasteiger partial charge on any atom is 0.573 e. The lowest BCUT2D eigenvalue weighted by Gasteiger charge is -2.15. The third-order valence-electron chi connectivity index (χ3n) is 3.06. The van der Waals surface area contributed by atoms with Gasteiger partial charge >= 0.3 is 6.36 Å². The van der Waals surface area contributed by atoms with Crippen LogP contribution in [-0.4, -0.2) is 23.2 Å². The van der Waals surface area contributed by atoms with Crippen molar-refractivity contribution in [2.24, 2.45) is 0 Å². The van der Waals surface area contributed by atoms with Crippen molar-refractivity contribution in [3.8, 4) is 17.0 Å². The monoisotopic (exact) mass is 284 g/mol. The molecular weight excluding hydrogens is 273 g/mol. The van der Waals surface area contributed by atoms with Crippen molar-refractivity contribution in [3.05, 3.63) is 35.5 Å². The van der Waals surface area contributed by atoms with Crippen LogP contribution in [0.1, 0.15) is 11.3 Å². The van der Waals surface area contributed by atoms with Crippen LogP contribution in [0.4, 0.5) is 13.2 Å². The molecule has 0 atom stereocenters. The quantitative estimate of drug-likeness (QED) is 0.922. The molecule has 0 saturated carbocycles. The Morgan fingerprint density at radius 1 is 1.25 bits per heavy atom. The fourth-order valence-electron chi connectivity index (χ4n) is 2.21. The summed E-state index contributed by atoms with van der Waals surface area (Å²) in [6.45, 7) is 0.914. The molecule has 0 saturated heterocycles. The zero-order valence-corrected chi connectivity index (χ0v) is 10.3. The smallest absolute Gasteiger partial charge is 0.405 e. The molecule has 0 spiro atoms. The number of ether oxygens (including phenoxy) is 2. The lowest BCUT2D eigenvalue weighted by atomic mass is 10.0. The molecule has 1 aromatic heterocycles. The van der Waals surface area contributed by atoms with Crippen molar-refractivity contribution >= 4 is 0 Å². The molecule has 2 aromatic rings. The van der Waals surface area contributed by atoms with Gasteiger partial charge in [0, 0.05) is 23.2 Å². The molecule has 106 valence electrons. The summed E-state index contributed by atoms with van der Waals surface area (Å²) in [6, 6.07) is 5.95. The molecule has 1 aromatic carbocycles. The van der Waals surface area contributed by atoms with Crippen LogP contribution in [0.2, 0.25) is 0 Å². The first kappa shape index (κ1) is 13.0. The van der Waals surface area contributed by atoms with Gasteiger partial charge < -0.3 is 9.47 Å². The SMILES string of the molecule is FC(F)(F)Oc1ccccc1-c1n[nH]c2c1COCC2. The molecular formula is C13H11F3N2O2. The molecule has 0 fully saturated rings. The van der Waals surface area contributed by atoms with E-state index in [-0.39, 0.29) is 5.75 Å². The first-order chi connectivity index (χ1) is 9.54. The summed E-state index contributed by atoms with van der Waals surface area (Å²) in [4.78, 5) is 0. The molecule has 2 heterocycles. The average Bonchev–Trinajstić information content (AvgIpc) is 2.81. The lowest BCUT2D eigenvalue weighted by molar-refractivity contribution is -0.274. The Morgan fingerprint density at radius 2 is 2.05 bits per heavy atom. The minimum atomic E-state index is -4.73. The number of hydrogen-bond acceptors (Lipinski definition) is 3. The Labute approximate surface area is 112 Å². The molecule has 0 aliphatic carbocycles. The second-order valence-electron chi connectivity index (χ2n) is 4.38. The van der Waals surface area contributed by atoms with Crippen molar-refractivity contribution < 1.29 is 22.6 Å². The maximum atomic E-state index is 12.4. The molecule has 0 radical (unpaired) electrons. The summed E-state index contributed by atoms with van der Waals surface area (Å²) in [5.74, 6) is -0.264. The second-order valence-corrected chi connectivity index (χ2v) is 4.38. The second kappa shape index (κ2) is 4.82. The van der Waals surface area contributed by atoms with Gasteiger partial charge in [0.15, 0.2) is 0 Å². The molecule has 0 amide bonds. The van der Waals surface area contributed by atoms with Crippen LogP contribution in [0, 0.1) is 0 Å². The van der Waals surface area contributed by atoms with Gasteiger partial charge in [0.1, 0.15) is 11.4 Å². The summed E-state index contributed by atoms with van der Waals surface area (Å²) >= 11 is 0. The van der Waals surface area contributed by atoms with Crippen LogP contribution in [0.5, 0.6) is 5.75 Å². The first-order valence-electron chi connectivity index (χ1n) is 6.03. The van der Waals surface area contributed by atoms with Gasteiger partial charge in [0.25, 0.3) is 0 Å². The van der Waals surface area contributed by atoms with E-state index >= 15 is 0 Å². The standard InChI is InChI=1S/C13H11F3N2O2/c14-13(15,16)20-11-4-2-1-3-8(11)12-9-7-19-6-5-10(9)17-18-12/h1-4H,5-7H2,(H,17,18). The minimum absolute atomic E-state index is 0.264. The third-order valence-corrected chi connectivity index (χ3v) is 3.06. The number of nitrogens with zero attached hydrogens (tertiary/aromatic N) is 1. The highest BCUT2D eigenvalue weighted by atomic mass is 19.4. The summed E-state index contributed by atoms with van der Waals surface area (Å²) in [5, 5.41) is 6.95. The highest BCUT2D eigenvalue weighted by Gasteiger charge is 2.33. The number of nitrogens with one attached hydrogen (secondary N) is 1. The van der Waals surface area contributed by atoms with Crippen LogP contribution in [0.25, 0.3) is 11.3 Å². The largest absolute Gasteiger partial charge is 0.573 e. The van der Waals surface area contributed by atoms with Crippen molar-refractivity contribution in [2.75, 3.05) is 6.61 Å². The predicted octanol–water partition coefficient (Wildman–Crippen LogP) is 3.05. The molecule has 0 unspecified atom stereocenters. The van der Waals surface area contributed by atoms with Crippen molar-refractivity contribution in [3.63, 3.8) is 0 Å². The number of rotatable bonds is 2. The van der Waals surface area contributed by atoms with E-state index in [2.05, 4.69) is 14.9 Å². The average molecular weight is 284 g/mol. The van der Waals surface area contributed by atoms with Crippen LogP contribution in [0.3, 0.4) is 0 Å². The first-order valence-corrected chi connectivity index (χ1v) is 6.03. The van der Waals surface area contributed by atoms with Crippen molar-refractivity contribution in [2.45, 2.75) is 19.4 Å². The predicted molar refractivity (Wildman–Crippen MR) is 64.1 cm³/mol. The van der Waals surface area contributed by atoms with Gasteiger partial charge in [0.05, 0.1) is 13.2 Å². The molecule has 0 bridgehead atoms. The number of para-hydroxylation sites is 1. The van der Waals surface area contributed by atoms with E-state index in [1.54, 1.807) is 12.1 Å². The van der Waals surface area contributed by atoms with Gasteiger partial charge in [-0.25, -0.2) is 0 Å². The minimum Gasteiger partial charge on any atom is -0.405 e. The molecule has 7 heteroatoms. The maximum absolute atomic E-state index is 12.4. The van der Waals surface area contributed by atoms with Gasteiger partial charge in [0.2, 0.25) is 0 Å². The molecule has 1 aliphatic rings. The Balaban J connectivity index is 2.04. The van der Waals surface area contributed by atoms with Crippen LogP contribution in [-0.2, 0) is 17.8 Å². The Hall–Kier alpha value is -2.02. The van der Waals surface area contributed by atoms with E-state index in [1.165, 1.54) is 12.1 Å². The zero-order valence-electron chi connectivity index (χ0n) is 10.3. The van der Waals surface area contributed by atoms with Gasteiger partial charge in [-0.2, -0.15) is 5.10 Å². The fraction of sp³-hybridized carbons (Fsp3) is 0.308. The summed E-state index contributed by atoms with van der Waals surface area (Å²) < 4.78 is 46.7. The number of alkyl halides is 3. The molecule has 4 nitrogen and oxygen atoms in total. The number of aromatic amines is 1. The molecule has 20 heavy (non-hydrogen) atoms.